The molecule has 0 N–H and O–H groups in total. The number of piperidine rings is 1. The van der Waals surface area contributed by atoms with Gasteiger partial charge in [0.2, 0.25) is 10.0 Å². The maximum atomic E-state index is 14.1. The first kappa shape index (κ1) is 37.1. The summed E-state index contributed by atoms with van der Waals surface area (Å²) in [6.45, 7) is 7.48. The lowest BCUT2D eigenvalue weighted by Gasteiger charge is -2.43. The van der Waals surface area contributed by atoms with Crippen LogP contribution in [0.15, 0.2) is 71.6 Å². The lowest BCUT2D eigenvalue weighted by atomic mass is 9.85. The number of rotatable bonds is 18. The zero-order chi connectivity index (χ0) is 34.9. The predicted molar refractivity (Wildman–Crippen MR) is 196 cm³/mol. The van der Waals surface area contributed by atoms with Gasteiger partial charge in [0, 0.05) is 57.9 Å². The number of sulfonamides is 1. The van der Waals surface area contributed by atoms with Gasteiger partial charge in [-0.3, -0.25) is 0 Å². The standard InChI is InChI=1S/C38H50N2O8S2/c1-28-5-12-33(13-6-28)50(41,42)40-22-36(47-24-30-9-14-35-34(21-30)39(16-18-45-35)15-4-17-43-2)38(37(23-40)48-26-32-25-46-32)31-10-7-29(8-11-31)27-49-20-19-44-3/h5-14,21,32,36-38H,4,15-20,22-27H2,1-3H3/t32-,36+,37-,38-/m1/s1. The molecular formula is C38H50N2O8S2. The zero-order valence-corrected chi connectivity index (χ0v) is 31.0. The predicted octanol–water partition coefficient (Wildman–Crippen LogP) is 5.27. The van der Waals surface area contributed by atoms with Crippen LogP contribution in [0.1, 0.15) is 34.6 Å². The number of anilines is 1. The van der Waals surface area contributed by atoms with Gasteiger partial charge in [0.15, 0.2) is 0 Å². The summed E-state index contributed by atoms with van der Waals surface area (Å²) in [5, 5.41) is 0. The summed E-state index contributed by atoms with van der Waals surface area (Å²) < 4.78 is 65.0. The van der Waals surface area contributed by atoms with Crippen molar-refractivity contribution >= 4 is 27.5 Å². The molecule has 50 heavy (non-hydrogen) atoms. The van der Waals surface area contributed by atoms with Gasteiger partial charge in [0.05, 0.1) is 55.8 Å². The Bertz CT molecular complexity index is 1620. The number of thioether (sulfide) groups is 1. The normalized spacial score (nSPS) is 22.3. The highest BCUT2D eigenvalue weighted by Gasteiger charge is 2.44. The van der Waals surface area contributed by atoms with E-state index < -0.39 is 22.2 Å². The minimum absolute atomic E-state index is 0.0372. The topological polar surface area (TPSA) is 99.3 Å². The molecule has 0 aromatic heterocycles. The molecule has 3 heterocycles. The highest BCUT2D eigenvalue weighted by molar-refractivity contribution is 7.98. The van der Waals surface area contributed by atoms with Gasteiger partial charge < -0.3 is 33.3 Å². The number of aryl methyl sites for hydroxylation is 1. The van der Waals surface area contributed by atoms with E-state index in [9.17, 15) is 8.42 Å². The minimum Gasteiger partial charge on any atom is -0.490 e. The number of epoxide rings is 1. The smallest absolute Gasteiger partial charge is 0.243 e. The first-order chi connectivity index (χ1) is 24.4. The molecule has 0 spiro atoms. The first-order valence-corrected chi connectivity index (χ1v) is 20.0. The van der Waals surface area contributed by atoms with Gasteiger partial charge in [-0.15, -0.1) is 0 Å². The Labute approximate surface area is 301 Å². The molecule has 3 aliphatic heterocycles. The molecule has 0 radical (unpaired) electrons. The zero-order valence-electron chi connectivity index (χ0n) is 29.3. The summed E-state index contributed by atoms with van der Waals surface area (Å²) in [6, 6.07) is 21.8. The lowest BCUT2D eigenvalue weighted by Crippen LogP contribution is -2.54. The van der Waals surface area contributed by atoms with Gasteiger partial charge in [-0.1, -0.05) is 48.0 Å². The molecule has 2 fully saturated rings. The molecule has 3 aromatic carbocycles. The van der Waals surface area contributed by atoms with Crippen molar-refractivity contribution in [1.82, 2.24) is 4.31 Å². The van der Waals surface area contributed by atoms with Crippen molar-refractivity contribution in [3.8, 4) is 5.75 Å². The van der Waals surface area contributed by atoms with E-state index in [1.165, 1.54) is 9.87 Å². The van der Waals surface area contributed by atoms with Crippen LogP contribution < -0.4 is 9.64 Å². The Morgan fingerprint density at radius 1 is 0.900 bits per heavy atom. The Hall–Kier alpha value is -2.68. The number of hydrogen-bond donors (Lipinski definition) is 0. The third kappa shape index (κ3) is 9.60. The van der Waals surface area contributed by atoms with E-state index in [0.717, 1.165) is 65.8 Å². The Morgan fingerprint density at radius 2 is 1.62 bits per heavy atom. The molecule has 2 saturated heterocycles. The maximum absolute atomic E-state index is 14.1. The molecule has 272 valence electrons. The quantitative estimate of drug-likeness (QED) is 0.128. The van der Waals surface area contributed by atoms with Crippen molar-refractivity contribution in [2.75, 3.05) is 84.1 Å². The van der Waals surface area contributed by atoms with Crippen LogP contribution in [0.5, 0.6) is 5.75 Å². The number of hydrogen-bond acceptors (Lipinski definition) is 10. The molecule has 0 amide bonds. The molecule has 3 aromatic rings. The molecule has 6 rings (SSSR count). The molecule has 0 aliphatic carbocycles. The van der Waals surface area contributed by atoms with Gasteiger partial charge in [-0.2, -0.15) is 16.1 Å². The second kappa shape index (κ2) is 17.7. The molecule has 4 atom stereocenters. The number of fused-ring (bicyclic) bond motifs is 1. The van der Waals surface area contributed by atoms with Crippen LogP contribution in [0.4, 0.5) is 5.69 Å². The minimum atomic E-state index is -3.81. The van der Waals surface area contributed by atoms with E-state index in [1.807, 2.05) is 43.0 Å². The third-order valence-corrected chi connectivity index (χ3v) is 12.3. The molecule has 0 unspecified atom stereocenters. The summed E-state index contributed by atoms with van der Waals surface area (Å²) in [4.78, 5) is 2.60. The largest absolute Gasteiger partial charge is 0.490 e. The van der Waals surface area contributed by atoms with Gasteiger partial charge in [-0.25, -0.2) is 8.42 Å². The van der Waals surface area contributed by atoms with E-state index in [2.05, 4.69) is 35.2 Å². The van der Waals surface area contributed by atoms with Crippen LogP contribution in [0.25, 0.3) is 0 Å². The maximum Gasteiger partial charge on any atom is 0.243 e. The van der Waals surface area contributed by atoms with E-state index in [1.54, 1.807) is 26.4 Å². The number of ether oxygens (including phenoxy) is 6. The number of nitrogens with zero attached hydrogens (tertiary/aromatic N) is 2. The van der Waals surface area contributed by atoms with Crippen molar-refractivity contribution < 1.29 is 36.8 Å². The summed E-state index contributed by atoms with van der Waals surface area (Å²) in [6.07, 6.45) is 0.0495. The van der Waals surface area contributed by atoms with E-state index in [-0.39, 0.29) is 30.0 Å². The second-order valence-corrected chi connectivity index (χ2v) is 16.2. The Balaban J connectivity index is 1.27. The van der Waals surface area contributed by atoms with Crippen LogP contribution in [0.3, 0.4) is 0 Å². The number of benzene rings is 3. The summed E-state index contributed by atoms with van der Waals surface area (Å²) >= 11 is 1.83. The van der Waals surface area contributed by atoms with Crippen molar-refractivity contribution in [1.29, 1.82) is 0 Å². The van der Waals surface area contributed by atoms with Gasteiger partial charge in [-0.05, 0) is 54.3 Å². The fraction of sp³-hybridized carbons (Fsp3) is 0.526. The van der Waals surface area contributed by atoms with Crippen LogP contribution in [-0.2, 0) is 46.1 Å². The highest BCUT2D eigenvalue weighted by atomic mass is 32.2. The monoisotopic (exact) mass is 726 g/mol. The van der Waals surface area contributed by atoms with Gasteiger partial charge in [0.25, 0.3) is 0 Å². The molecule has 0 saturated carbocycles. The summed E-state index contributed by atoms with van der Waals surface area (Å²) in [5.41, 5.74) is 5.33. The van der Waals surface area contributed by atoms with Crippen molar-refractivity contribution in [3.63, 3.8) is 0 Å². The summed E-state index contributed by atoms with van der Waals surface area (Å²) in [5.74, 6) is 2.49. The Morgan fingerprint density at radius 3 is 2.34 bits per heavy atom. The highest BCUT2D eigenvalue weighted by Crippen LogP contribution is 2.38. The van der Waals surface area contributed by atoms with Crippen molar-refractivity contribution in [2.24, 2.45) is 0 Å². The average molecular weight is 727 g/mol. The van der Waals surface area contributed by atoms with Crippen LogP contribution in [0, 0.1) is 6.92 Å². The van der Waals surface area contributed by atoms with Crippen molar-refractivity contribution in [2.45, 2.75) is 54.8 Å². The van der Waals surface area contributed by atoms with Crippen LogP contribution in [0.2, 0.25) is 0 Å². The van der Waals surface area contributed by atoms with Gasteiger partial charge in [0.1, 0.15) is 18.5 Å². The Kier molecular flexibility index (Phi) is 13.1. The third-order valence-electron chi connectivity index (χ3n) is 9.41. The summed E-state index contributed by atoms with van der Waals surface area (Å²) in [7, 11) is -0.369. The molecule has 10 nitrogen and oxygen atoms in total. The molecule has 12 heteroatoms. The lowest BCUT2D eigenvalue weighted by molar-refractivity contribution is -0.0808. The van der Waals surface area contributed by atoms with Gasteiger partial charge >= 0.3 is 0 Å². The average Bonchev–Trinajstić information content (AvgIpc) is 3.97. The number of methoxy groups -OCH3 is 2. The SMILES string of the molecule is COCCCN1CCOc2ccc(CO[C@H]3CN(S(=O)(=O)c4ccc(C)cc4)C[C@@H](OC[C@H]4CO4)[C@@H]3c3ccc(CSCCOC)cc3)cc21. The molecule has 3 aliphatic rings. The van der Waals surface area contributed by atoms with Crippen LogP contribution in [-0.4, -0.2) is 110 Å². The van der Waals surface area contributed by atoms with E-state index >= 15 is 0 Å². The first-order valence-electron chi connectivity index (χ1n) is 17.4. The van der Waals surface area contributed by atoms with Crippen LogP contribution >= 0.6 is 11.8 Å². The molecule has 0 bridgehead atoms. The van der Waals surface area contributed by atoms with E-state index in [0.29, 0.717) is 33.0 Å². The fourth-order valence-electron chi connectivity index (χ4n) is 6.55. The van der Waals surface area contributed by atoms with Crippen molar-refractivity contribution in [3.05, 3.63) is 89.0 Å². The molecular weight excluding hydrogens is 677 g/mol. The second-order valence-electron chi connectivity index (χ2n) is 13.1. The van der Waals surface area contributed by atoms with E-state index in [4.69, 9.17) is 28.4 Å². The fourth-order valence-corrected chi connectivity index (χ4v) is 8.87.